The SMILES string of the molecule is Nc1nc(N)c2ncn(CCCSCc3ccccc3)c2n1. The first kappa shape index (κ1) is 14.6. The van der Waals surface area contributed by atoms with Gasteiger partial charge in [0.1, 0.15) is 5.52 Å². The second-order valence-corrected chi connectivity index (χ2v) is 6.07. The molecule has 0 aliphatic carbocycles. The maximum atomic E-state index is 5.80. The lowest BCUT2D eigenvalue weighted by Crippen LogP contribution is -2.04. The van der Waals surface area contributed by atoms with E-state index in [4.69, 9.17) is 11.5 Å². The van der Waals surface area contributed by atoms with E-state index in [-0.39, 0.29) is 5.95 Å². The number of hydrogen-bond donors (Lipinski definition) is 2. The molecular weight excluding hydrogens is 296 g/mol. The van der Waals surface area contributed by atoms with E-state index in [9.17, 15) is 0 Å². The molecular formula is C15H18N6S. The van der Waals surface area contributed by atoms with Crippen molar-refractivity contribution in [1.29, 1.82) is 0 Å². The van der Waals surface area contributed by atoms with Crippen molar-refractivity contribution >= 4 is 34.7 Å². The Hall–Kier alpha value is -2.28. The number of aromatic nitrogens is 4. The van der Waals surface area contributed by atoms with E-state index < -0.39 is 0 Å². The molecule has 0 aliphatic rings. The fourth-order valence-electron chi connectivity index (χ4n) is 2.25. The summed E-state index contributed by atoms with van der Waals surface area (Å²) in [5.41, 5.74) is 14.1. The minimum atomic E-state index is 0.185. The van der Waals surface area contributed by atoms with Crippen molar-refractivity contribution in [3.63, 3.8) is 0 Å². The van der Waals surface area contributed by atoms with Crippen LogP contribution in [0, 0.1) is 0 Å². The highest BCUT2D eigenvalue weighted by atomic mass is 32.2. The number of fused-ring (bicyclic) bond motifs is 1. The van der Waals surface area contributed by atoms with Crippen molar-refractivity contribution in [3.8, 4) is 0 Å². The predicted octanol–water partition coefficient (Wildman–Crippen LogP) is 2.31. The number of aryl methyl sites for hydroxylation is 1. The van der Waals surface area contributed by atoms with Crippen LogP contribution >= 0.6 is 11.8 Å². The Balaban J connectivity index is 1.54. The lowest BCUT2D eigenvalue weighted by Gasteiger charge is -2.05. The molecule has 6 nitrogen and oxygen atoms in total. The third-order valence-electron chi connectivity index (χ3n) is 3.31. The van der Waals surface area contributed by atoms with E-state index in [2.05, 4.69) is 39.2 Å². The van der Waals surface area contributed by atoms with Crippen molar-refractivity contribution in [2.24, 2.45) is 0 Å². The predicted molar refractivity (Wildman–Crippen MR) is 91.4 cm³/mol. The Kier molecular flexibility index (Phi) is 4.43. The van der Waals surface area contributed by atoms with Crippen LogP contribution in [0.5, 0.6) is 0 Å². The molecule has 2 heterocycles. The third-order valence-corrected chi connectivity index (χ3v) is 4.42. The number of hydrogen-bond acceptors (Lipinski definition) is 6. The molecule has 0 bridgehead atoms. The average molecular weight is 314 g/mol. The number of nitrogen functional groups attached to an aromatic ring is 2. The number of rotatable bonds is 6. The van der Waals surface area contributed by atoms with Crippen molar-refractivity contribution in [3.05, 3.63) is 42.2 Å². The molecule has 0 radical (unpaired) electrons. The van der Waals surface area contributed by atoms with Crippen LogP contribution in [-0.2, 0) is 12.3 Å². The zero-order valence-corrected chi connectivity index (χ0v) is 13.0. The van der Waals surface area contributed by atoms with Gasteiger partial charge < -0.3 is 16.0 Å². The van der Waals surface area contributed by atoms with Gasteiger partial charge in [0, 0.05) is 12.3 Å². The molecule has 0 unspecified atom stereocenters. The smallest absolute Gasteiger partial charge is 0.224 e. The zero-order valence-electron chi connectivity index (χ0n) is 12.1. The fourth-order valence-corrected chi connectivity index (χ4v) is 3.15. The van der Waals surface area contributed by atoms with Gasteiger partial charge in [-0.2, -0.15) is 21.7 Å². The third kappa shape index (κ3) is 3.30. The van der Waals surface area contributed by atoms with E-state index in [1.807, 2.05) is 22.4 Å². The Labute approximate surface area is 133 Å². The summed E-state index contributed by atoms with van der Waals surface area (Å²) in [6.07, 6.45) is 2.78. The van der Waals surface area contributed by atoms with Crippen molar-refractivity contribution in [2.75, 3.05) is 17.2 Å². The van der Waals surface area contributed by atoms with Gasteiger partial charge in [-0.1, -0.05) is 30.3 Å². The van der Waals surface area contributed by atoms with Crippen LogP contribution < -0.4 is 11.5 Å². The normalized spacial score (nSPS) is 11.1. The van der Waals surface area contributed by atoms with Crippen LogP contribution in [0.2, 0.25) is 0 Å². The summed E-state index contributed by atoms with van der Waals surface area (Å²) in [6, 6.07) is 10.5. The van der Waals surface area contributed by atoms with Gasteiger partial charge in [0.25, 0.3) is 0 Å². The van der Waals surface area contributed by atoms with E-state index in [1.54, 1.807) is 6.33 Å². The lowest BCUT2D eigenvalue weighted by atomic mass is 10.2. The van der Waals surface area contributed by atoms with Crippen LogP contribution in [0.25, 0.3) is 11.2 Å². The Morgan fingerprint density at radius 2 is 1.91 bits per heavy atom. The number of nitrogens with two attached hydrogens (primary N) is 2. The first-order valence-corrected chi connectivity index (χ1v) is 8.25. The van der Waals surface area contributed by atoms with Crippen molar-refractivity contribution in [1.82, 2.24) is 19.5 Å². The molecule has 114 valence electrons. The average Bonchev–Trinajstić information content (AvgIpc) is 2.91. The molecule has 0 aliphatic heterocycles. The molecule has 2 aromatic heterocycles. The Bertz CT molecular complexity index is 755. The first-order chi connectivity index (χ1) is 10.7. The van der Waals surface area contributed by atoms with Crippen LogP contribution in [-0.4, -0.2) is 25.3 Å². The van der Waals surface area contributed by atoms with Gasteiger partial charge in [-0.25, -0.2) is 4.98 Å². The highest BCUT2D eigenvalue weighted by Gasteiger charge is 2.09. The number of nitrogens with zero attached hydrogens (tertiary/aromatic N) is 4. The highest BCUT2D eigenvalue weighted by Crippen LogP contribution is 2.18. The Morgan fingerprint density at radius 1 is 1.09 bits per heavy atom. The number of imidazole rings is 1. The van der Waals surface area contributed by atoms with Crippen LogP contribution in [0.4, 0.5) is 11.8 Å². The van der Waals surface area contributed by atoms with Crippen LogP contribution in [0.15, 0.2) is 36.7 Å². The molecule has 0 fully saturated rings. The van der Waals surface area contributed by atoms with Gasteiger partial charge in [0.2, 0.25) is 5.95 Å². The minimum absolute atomic E-state index is 0.185. The summed E-state index contributed by atoms with van der Waals surface area (Å²) in [4.78, 5) is 12.4. The zero-order chi connectivity index (χ0) is 15.4. The van der Waals surface area contributed by atoms with Gasteiger partial charge in [0.05, 0.1) is 6.33 Å². The molecule has 3 rings (SSSR count). The molecule has 0 saturated carbocycles. The van der Waals surface area contributed by atoms with E-state index >= 15 is 0 Å². The summed E-state index contributed by atoms with van der Waals surface area (Å²) in [7, 11) is 0. The first-order valence-electron chi connectivity index (χ1n) is 7.09. The van der Waals surface area contributed by atoms with Gasteiger partial charge >= 0.3 is 0 Å². The van der Waals surface area contributed by atoms with E-state index in [0.29, 0.717) is 17.0 Å². The van der Waals surface area contributed by atoms with Crippen LogP contribution in [0.1, 0.15) is 12.0 Å². The molecule has 0 amide bonds. The van der Waals surface area contributed by atoms with Crippen molar-refractivity contribution in [2.45, 2.75) is 18.7 Å². The van der Waals surface area contributed by atoms with E-state index in [1.165, 1.54) is 5.56 Å². The largest absolute Gasteiger partial charge is 0.382 e. The topological polar surface area (TPSA) is 95.6 Å². The van der Waals surface area contributed by atoms with Gasteiger partial charge in [0.15, 0.2) is 11.5 Å². The lowest BCUT2D eigenvalue weighted by molar-refractivity contribution is 0.696. The number of benzene rings is 1. The Morgan fingerprint density at radius 3 is 2.73 bits per heavy atom. The number of anilines is 2. The summed E-state index contributed by atoms with van der Waals surface area (Å²) >= 11 is 1.92. The quantitative estimate of drug-likeness (QED) is 0.678. The summed E-state index contributed by atoms with van der Waals surface area (Å²) in [6.45, 7) is 0.841. The molecule has 3 aromatic rings. The summed E-state index contributed by atoms with van der Waals surface area (Å²) in [5, 5.41) is 0. The van der Waals surface area contributed by atoms with Crippen molar-refractivity contribution < 1.29 is 0 Å². The molecule has 22 heavy (non-hydrogen) atoms. The molecule has 0 saturated heterocycles. The maximum absolute atomic E-state index is 5.80. The van der Waals surface area contributed by atoms with Crippen LogP contribution in [0.3, 0.4) is 0 Å². The highest BCUT2D eigenvalue weighted by molar-refractivity contribution is 7.98. The standard InChI is InChI=1S/C15H18N6S/c16-13-12-14(20-15(17)19-13)21(10-18-12)7-4-8-22-9-11-5-2-1-3-6-11/h1-3,5-6,10H,4,7-9H2,(H4,16,17,19,20). The van der Waals surface area contributed by atoms with E-state index in [0.717, 1.165) is 24.5 Å². The molecule has 0 atom stereocenters. The molecule has 1 aromatic carbocycles. The number of thioether (sulfide) groups is 1. The monoisotopic (exact) mass is 314 g/mol. The second kappa shape index (κ2) is 6.65. The fraction of sp³-hybridized carbons (Fsp3) is 0.267. The second-order valence-electron chi connectivity index (χ2n) is 4.97. The molecule has 0 spiro atoms. The van der Waals surface area contributed by atoms with Gasteiger partial charge in [-0.05, 0) is 17.7 Å². The van der Waals surface area contributed by atoms with Gasteiger partial charge in [-0.15, -0.1) is 0 Å². The minimum Gasteiger partial charge on any atom is -0.382 e. The molecule has 7 heteroatoms. The maximum Gasteiger partial charge on any atom is 0.224 e. The summed E-state index contributed by atoms with van der Waals surface area (Å²) < 4.78 is 1.98. The molecule has 4 N–H and O–H groups in total. The summed E-state index contributed by atoms with van der Waals surface area (Å²) in [5.74, 6) is 2.63. The van der Waals surface area contributed by atoms with Gasteiger partial charge in [-0.3, -0.25) is 0 Å².